The van der Waals surface area contributed by atoms with Gasteiger partial charge in [-0.25, -0.2) is 13.2 Å². The van der Waals surface area contributed by atoms with Crippen LogP contribution in [0.2, 0.25) is 0 Å². The number of carbonyl (C=O) groups is 3. The lowest BCUT2D eigenvalue weighted by Crippen LogP contribution is -2.41. The van der Waals surface area contributed by atoms with E-state index in [2.05, 4.69) is 10.0 Å². The summed E-state index contributed by atoms with van der Waals surface area (Å²) >= 11 is 0. The third kappa shape index (κ3) is 6.32. The van der Waals surface area contributed by atoms with Crippen LogP contribution >= 0.6 is 0 Å². The normalized spacial score (nSPS) is 12.0. The van der Waals surface area contributed by atoms with Crippen molar-refractivity contribution in [1.29, 1.82) is 0 Å². The summed E-state index contributed by atoms with van der Waals surface area (Å²) in [6.07, 6.45) is -0.665. The second-order valence-corrected chi connectivity index (χ2v) is 7.98. The number of anilines is 1. The first kappa shape index (κ1) is 21.9. The molecule has 0 aromatic heterocycles. The maximum Gasteiger partial charge on any atom is 0.326 e. The van der Waals surface area contributed by atoms with E-state index in [1.54, 1.807) is 12.1 Å². The Kier molecular flexibility index (Phi) is 6.94. The average molecular weight is 420 g/mol. The molecule has 4 N–H and O–H groups in total. The van der Waals surface area contributed by atoms with Crippen LogP contribution in [0.25, 0.3) is 0 Å². The molecule has 0 aliphatic carbocycles. The second-order valence-electron chi connectivity index (χ2n) is 6.29. The predicted molar refractivity (Wildman–Crippen MR) is 104 cm³/mol. The number of sulfonamides is 1. The molecule has 0 aliphatic heterocycles. The van der Waals surface area contributed by atoms with Gasteiger partial charge in [0.1, 0.15) is 6.04 Å². The standard InChI is InChI=1S/C19H20N2O7S/c1-12-2-8-15(9-3-12)29(27,28)21-14-6-4-13(5-7-14)18(24)20-16(19(25)26)10-11-17(22)23/h2-9,16,21H,10-11H2,1H3,(H,20,24)(H,22,23)(H,25,26). The largest absolute Gasteiger partial charge is 0.481 e. The number of carboxylic acid groups (broad SMARTS) is 2. The highest BCUT2D eigenvalue weighted by Crippen LogP contribution is 2.17. The Hall–Kier alpha value is -3.40. The summed E-state index contributed by atoms with van der Waals surface area (Å²) in [5.41, 5.74) is 1.25. The Bertz CT molecular complexity index is 1000. The smallest absolute Gasteiger partial charge is 0.326 e. The molecule has 2 aromatic carbocycles. The first-order valence-electron chi connectivity index (χ1n) is 8.53. The van der Waals surface area contributed by atoms with Crippen molar-refractivity contribution >= 4 is 33.6 Å². The fourth-order valence-corrected chi connectivity index (χ4v) is 3.45. The molecule has 0 fully saturated rings. The van der Waals surface area contributed by atoms with Gasteiger partial charge in [0.05, 0.1) is 4.90 Å². The Balaban J connectivity index is 2.06. The number of hydrogen-bond donors (Lipinski definition) is 4. The monoisotopic (exact) mass is 420 g/mol. The molecule has 0 aliphatic rings. The number of rotatable bonds is 9. The van der Waals surface area contributed by atoms with Crippen molar-refractivity contribution in [3.8, 4) is 0 Å². The zero-order valence-electron chi connectivity index (χ0n) is 15.5. The molecular formula is C19H20N2O7S. The Morgan fingerprint density at radius 1 is 0.966 bits per heavy atom. The van der Waals surface area contributed by atoms with E-state index < -0.39 is 40.3 Å². The molecule has 154 valence electrons. The number of amides is 1. The molecule has 0 saturated heterocycles. The van der Waals surface area contributed by atoms with Gasteiger partial charge in [0.2, 0.25) is 0 Å². The molecule has 0 radical (unpaired) electrons. The van der Waals surface area contributed by atoms with E-state index in [9.17, 15) is 22.8 Å². The molecule has 0 heterocycles. The van der Waals surface area contributed by atoms with Crippen molar-refractivity contribution in [3.05, 3.63) is 59.7 Å². The summed E-state index contributed by atoms with van der Waals surface area (Å²) in [5, 5.41) is 20.0. The van der Waals surface area contributed by atoms with Crippen LogP contribution in [0.4, 0.5) is 5.69 Å². The van der Waals surface area contributed by atoms with Crippen LogP contribution in [-0.4, -0.2) is 42.5 Å². The van der Waals surface area contributed by atoms with E-state index in [1.807, 2.05) is 6.92 Å². The minimum Gasteiger partial charge on any atom is -0.481 e. The molecule has 2 aromatic rings. The van der Waals surface area contributed by atoms with Crippen molar-refractivity contribution < 1.29 is 33.0 Å². The van der Waals surface area contributed by atoms with Gasteiger partial charge < -0.3 is 15.5 Å². The number of carbonyl (C=O) groups excluding carboxylic acids is 1. The molecule has 1 amide bonds. The summed E-state index contributed by atoms with van der Waals surface area (Å²) in [4.78, 5) is 34.0. The topological polar surface area (TPSA) is 150 Å². The molecule has 10 heteroatoms. The first-order chi connectivity index (χ1) is 13.6. The van der Waals surface area contributed by atoms with E-state index in [0.29, 0.717) is 0 Å². The van der Waals surface area contributed by atoms with Crippen LogP contribution in [0.5, 0.6) is 0 Å². The van der Waals surface area contributed by atoms with E-state index in [1.165, 1.54) is 36.4 Å². The zero-order chi connectivity index (χ0) is 21.6. The fourth-order valence-electron chi connectivity index (χ4n) is 2.39. The van der Waals surface area contributed by atoms with Crippen molar-refractivity contribution in [3.63, 3.8) is 0 Å². The van der Waals surface area contributed by atoms with Gasteiger partial charge in [0.25, 0.3) is 15.9 Å². The highest BCUT2D eigenvalue weighted by atomic mass is 32.2. The van der Waals surface area contributed by atoms with Crippen LogP contribution < -0.4 is 10.0 Å². The summed E-state index contributed by atoms with van der Waals surface area (Å²) in [6.45, 7) is 1.84. The number of benzene rings is 2. The average Bonchev–Trinajstić information content (AvgIpc) is 2.65. The van der Waals surface area contributed by atoms with Gasteiger partial charge in [-0.1, -0.05) is 17.7 Å². The lowest BCUT2D eigenvalue weighted by molar-refractivity contribution is -0.140. The molecule has 1 atom stereocenters. The predicted octanol–water partition coefficient (Wildman–Crippen LogP) is 1.84. The number of hydrogen-bond acceptors (Lipinski definition) is 5. The van der Waals surface area contributed by atoms with E-state index in [4.69, 9.17) is 10.2 Å². The van der Waals surface area contributed by atoms with Crippen LogP contribution in [0, 0.1) is 6.92 Å². The number of carboxylic acids is 2. The minimum absolute atomic E-state index is 0.0904. The highest BCUT2D eigenvalue weighted by Gasteiger charge is 2.22. The second kappa shape index (κ2) is 9.20. The molecule has 0 bridgehead atoms. The highest BCUT2D eigenvalue weighted by molar-refractivity contribution is 7.92. The van der Waals surface area contributed by atoms with Gasteiger partial charge in [0.15, 0.2) is 0 Å². The van der Waals surface area contributed by atoms with Gasteiger partial charge >= 0.3 is 11.9 Å². The Morgan fingerprint density at radius 2 is 1.55 bits per heavy atom. The molecule has 9 nitrogen and oxygen atoms in total. The van der Waals surface area contributed by atoms with Gasteiger partial charge in [-0.3, -0.25) is 14.3 Å². The number of aryl methyl sites for hydroxylation is 1. The SMILES string of the molecule is Cc1ccc(S(=O)(=O)Nc2ccc(C(=O)NC(CCC(=O)O)C(=O)O)cc2)cc1. The van der Waals surface area contributed by atoms with E-state index in [0.717, 1.165) is 5.56 Å². The van der Waals surface area contributed by atoms with E-state index >= 15 is 0 Å². The maximum atomic E-state index is 12.4. The molecular weight excluding hydrogens is 400 g/mol. The lowest BCUT2D eigenvalue weighted by Gasteiger charge is -2.14. The van der Waals surface area contributed by atoms with Crippen LogP contribution in [0.15, 0.2) is 53.4 Å². The maximum absolute atomic E-state index is 12.4. The van der Waals surface area contributed by atoms with Gasteiger partial charge in [-0.2, -0.15) is 0 Å². The molecule has 0 spiro atoms. The van der Waals surface area contributed by atoms with Gasteiger partial charge in [0, 0.05) is 17.7 Å². The third-order valence-corrected chi connectivity index (χ3v) is 5.38. The van der Waals surface area contributed by atoms with Gasteiger partial charge in [-0.05, 0) is 49.7 Å². The van der Waals surface area contributed by atoms with Crippen molar-refractivity contribution in [2.75, 3.05) is 4.72 Å². The summed E-state index contributed by atoms with van der Waals surface area (Å²) in [5.74, 6) is -3.23. The molecule has 29 heavy (non-hydrogen) atoms. The quantitative estimate of drug-likeness (QED) is 0.483. The van der Waals surface area contributed by atoms with Gasteiger partial charge in [-0.15, -0.1) is 0 Å². The fraction of sp³-hybridized carbons (Fsp3) is 0.211. The first-order valence-corrected chi connectivity index (χ1v) is 10.0. The van der Waals surface area contributed by atoms with E-state index in [-0.39, 0.29) is 22.6 Å². The van der Waals surface area contributed by atoms with Crippen molar-refractivity contribution in [1.82, 2.24) is 5.32 Å². The summed E-state index contributed by atoms with van der Waals surface area (Å²) in [6, 6.07) is 10.3. The minimum atomic E-state index is -3.79. The summed E-state index contributed by atoms with van der Waals surface area (Å²) < 4.78 is 27.1. The molecule has 2 rings (SSSR count). The Morgan fingerprint density at radius 3 is 2.07 bits per heavy atom. The van der Waals surface area contributed by atoms with Crippen LogP contribution in [0.3, 0.4) is 0 Å². The molecule has 1 unspecified atom stereocenters. The molecule has 0 saturated carbocycles. The van der Waals surface area contributed by atoms with Crippen LogP contribution in [-0.2, 0) is 19.6 Å². The third-order valence-electron chi connectivity index (χ3n) is 3.98. The number of aliphatic carboxylic acids is 2. The zero-order valence-corrected chi connectivity index (χ0v) is 16.3. The number of nitrogens with one attached hydrogen (secondary N) is 2. The van der Waals surface area contributed by atoms with Crippen LogP contribution in [0.1, 0.15) is 28.8 Å². The lowest BCUT2D eigenvalue weighted by atomic mass is 10.1. The Labute approximate surface area is 167 Å². The van der Waals surface area contributed by atoms with Crippen molar-refractivity contribution in [2.24, 2.45) is 0 Å². The summed E-state index contributed by atoms with van der Waals surface area (Å²) in [7, 11) is -3.79. The van der Waals surface area contributed by atoms with Crippen molar-refractivity contribution in [2.45, 2.75) is 30.7 Å².